The normalized spacial score (nSPS) is 21.6. The minimum absolute atomic E-state index is 0.0216. The Bertz CT molecular complexity index is 720. The maximum absolute atomic E-state index is 12.0. The lowest BCUT2D eigenvalue weighted by molar-refractivity contribution is 0.490. The zero-order valence-corrected chi connectivity index (χ0v) is 13.4. The van der Waals surface area contributed by atoms with E-state index >= 15 is 0 Å². The van der Waals surface area contributed by atoms with Crippen molar-refractivity contribution in [3.63, 3.8) is 0 Å². The van der Waals surface area contributed by atoms with Crippen molar-refractivity contribution in [2.75, 3.05) is 18.6 Å². The van der Waals surface area contributed by atoms with Gasteiger partial charge in [0.15, 0.2) is 19.7 Å². The van der Waals surface area contributed by atoms with Gasteiger partial charge >= 0.3 is 0 Å². The number of nitrogens with one attached hydrogen (secondary N) is 1. The van der Waals surface area contributed by atoms with Gasteiger partial charge in [0.1, 0.15) is 0 Å². The van der Waals surface area contributed by atoms with Crippen LogP contribution in [0.5, 0.6) is 0 Å². The molecule has 0 aliphatic carbocycles. The van der Waals surface area contributed by atoms with Gasteiger partial charge in [0.2, 0.25) is 0 Å². The summed E-state index contributed by atoms with van der Waals surface area (Å²) in [6.07, 6.45) is 1.19. The Morgan fingerprint density at radius 2 is 1.90 bits per heavy atom. The second-order valence-electron chi connectivity index (χ2n) is 5.78. The van der Waals surface area contributed by atoms with E-state index in [-0.39, 0.29) is 18.3 Å². The molecule has 112 valence electrons. The molecule has 0 bridgehead atoms. The van der Waals surface area contributed by atoms with E-state index in [1.807, 2.05) is 0 Å². The van der Waals surface area contributed by atoms with Gasteiger partial charge < -0.3 is 5.32 Å². The monoisotopic (exact) mass is 317 g/mol. The van der Waals surface area contributed by atoms with Crippen LogP contribution in [0, 0.1) is 0 Å². The Balaban J connectivity index is 2.22. The molecule has 0 saturated heterocycles. The van der Waals surface area contributed by atoms with E-state index < -0.39 is 24.4 Å². The average Bonchev–Trinajstić information content (AvgIpc) is 2.58. The molecule has 1 atom stereocenters. The standard InChI is InChI=1S/C13H19NO4S2/c1-13(2,19(3,15)16)9-14-11-8-20(17,18)12-7-5-4-6-10(11)12/h4-7,11,14H,8-9H2,1-3H3. The third-order valence-corrected chi connectivity index (χ3v) is 7.76. The second-order valence-corrected chi connectivity index (χ2v) is 10.4. The molecule has 0 aromatic heterocycles. The molecule has 1 N–H and O–H groups in total. The lowest BCUT2D eigenvalue weighted by Crippen LogP contribution is -2.43. The van der Waals surface area contributed by atoms with Crippen molar-refractivity contribution in [2.24, 2.45) is 0 Å². The van der Waals surface area contributed by atoms with Gasteiger partial charge in [0.25, 0.3) is 0 Å². The highest BCUT2D eigenvalue weighted by Crippen LogP contribution is 2.33. The zero-order chi connectivity index (χ0) is 15.2. The van der Waals surface area contributed by atoms with Crippen LogP contribution in [0.2, 0.25) is 0 Å². The van der Waals surface area contributed by atoms with Gasteiger partial charge in [-0.2, -0.15) is 0 Å². The Hall–Kier alpha value is -0.920. The first-order valence-corrected chi connectivity index (χ1v) is 9.84. The largest absolute Gasteiger partial charge is 0.307 e. The van der Waals surface area contributed by atoms with Crippen LogP contribution >= 0.6 is 0 Å². The van der Waals surface area contributed by atoms with Crippen LogP contribution in [-0.4, -0.2) is 40.1 Å². The molecule has 1 aliphatic heterocycles. The maximum atomic E-state index is 12.0. The quantitative estimate of drug-likeness (QED) is 0.893. The Kier molecular flexibility index (Phi) is 3.73. The Labute approximate surface area is 120 Å². The molecule has 0 amide bonds. The van der Waals surface area contributed by atoms with Gasteiger partial charge in [-0.1, -0.05) is 18.2 Å². The number of rotatable bonds is 4. The number of fused-ring (bicyclic) bond motifs is 1. The predicted octanol–water partition coefficient (Wildman–Crippen LogP) is 0.928. The fraction of sp³-hybridized carbons (Fsp3) is 0.538. The molecule has 5 nitrogen and oxygen atoms in total. The molecular weight excluding hydrogens is 298 g/mol. The SMILES string of the molecule is CC(C)(CNC1CS(=O)(=O)c2ccccc21)S(C)(=O)=O. The summed E-state index contributed by atoms with van der Waals surface area (Å²) in [5.74, 6) is -0.0216. The van der Waals surface area contributed by atoms with Gasteiger partial charge in [-0.25, -0.2) is 16.8 Å². The van der Waals surface area contributed by atoms with E-state index in [9.17, 15) is 16.8 Å². The summed E-state index contributed by atoms with van der Waals surface area (Å²) in [5, 5.41) is 3.08. The lowest BCUT2D eigenvalue weighted by Gasteiger charge is -2.25. The molecule has 0 fully saturated rings. The third-order valence-electron chi connectivity index (χ3n) is 3.79. The Morgan fingerprint density at radius 1 is 1.30 bits per heavy atom. The minimum Gasteiger partial charge on any atom is -0.307 e. The summed E-state index contributed by atoms with van der Waals surface area (Å²) in [7, 11) is -6.48. The van der Waals surface area contributed by atoms with Gasteiger partial charge in [-0.3, -0.25) is 0 Å². The summed E-state index contributed by atoms with van der Waals surface area (Å²) in [5.41, 5.74) is 0.719. The van der Waals surface area contributed by atoms with Crippen LogP contribution in [0.25, 0.3) is 0 Å². The molecule has 1 aliphatic rings. The van der Waals surface area contributed by atoms with Crippen LogP contribution in [0.4, 0.5) is 0 Å². The fourth-order valence-corrected chi connectivity index (χ4v) is 4.24. The van der Waals surface area contributed by atoms with Gasteiger partial charge in [-0.05, 0) is 25.5 Å². The molecule has 0 spiro atoms. The lowest BCUT2D eigenvalue weighted by atomic mass is 10.1. The van der Waals surface area contributed by atoms with E-state index in [1.165, 1.54) is 6.26 Å². The van der Waals surface area contributed by atoms with Crippen molar-refractivity contribution in [2.45, 2.75) is 29.5 Å². The minimum atomic E-state index is -3.27. The summed E-state index contributed by atoms with van der Waals surface area (Å²) < 4.78 is 46.5. The van der Waals surface area contributed by atoms with Crippen LogP contribution in [-0.2, 0) is 19.7 Å². The number of hydrogen-bond donors (Lipinski definition) is 1. The van der Waals surface area contributed by atoms with Crippen LogP contribution < -0.4 is 5.32 Å². The highest BCUT2D eigenvalue weighted by Gasteiger charge is 2.37. The smallest absolute Gasteiger partial charge is 0.180 e. The van der Waals surface area contributed by atoms with Crippen LogP contribution in [0.3, 0.4) is 0 Å². The molecule has 20 heavy (non-hydrogen) atoms. The summed E-state index contributed by atoms with van der Waals surface area (Å²) in [6.45, 7) is 3.47. The molecule has 0 saturated carbocycles. The fourth-order valence-electron chi connectivity index (χ4n) is 2.12. The topological polar surface area (TPSA) is 80.3 Å². The average molecular weight is 317 g/mol. The van der Waals surface area contributed by atoms with Crippen molar-refractivity contribution in [1.82, 2.24) is 5.32 Å². The van der Waals surface area contributed by atoms with Gasteiger partial charge in [0.05, 0.1) is 15.4 Å². The zero-order valence-electron chi connectivity index (χ0n) is 11.8. The number of benzene rings is 1. The molecule has 1 unspecified atom stereocenters. The maximum Gasteiger partial charge on any atom is 0.180 e. The first-order valence-electron chi connectivity index (χ1n) is 6.29. The second kappa shape index (κ2) is 4.82. The molecule has 7 heteroatoms. The van der Waals surface area contributed by atoms with Crippen LogP contribution in [0.1, 0.15) is 25.5 Å². The summed E-state index contributed by atoms with van der Waals surface area (Å²) >= 11 is 0. The highest BCUT2D eigenvalue weighted by atomic mass is 32.2. The van der Waals surface area contributed by atoms with E-state index in [0.717, 1.165) is 5.56 Å². The molecule has 2 rings (SSSR count). The molecular formula is C13H19NO4S2. The van der Waals surface area contributed by atoms with E-state index in [2.05, 4.69) is 5.32 Å². The molecule has 1 heterocycles. The molecule has 1 aromatic rings. The van der Waals surface area contributed by atoms with Crippen molar-refractivity contribution >= 4 is 19.7 Å². The van der Waals surface area contributed by atoms with Gasteiger partial charge in [0, 0.05) is 18.8 Å². The number of hydrogen-bond acceptors (Lipinski definition) is 5. The number of sulfone groups is 2. The van der Waals surface area contributed by atoms with Crippen molar-refractivity contribution in [3.8, 4) is 0 Å². The van der Waals surface area contributed by atoms with E-state index in [4.69, 9.17) is 0 Å². The van der Waals surface area contributed by atoms with Crippen LogP contribution in [0.15, 0.2) is 29.2 Å². The summed E-state index contributed by atoms with van der Waals surface area (Å²) in [6, 6.07) is 6.49. The first kappa shape index (κ1) is 15.5. The molecule has 1 aromatic carbocycles. The predicted molar refractivity (Wildman–Crippen MR) is 78.2 cm³/mol. The van der Waals surface area contributed by atoms with E-state index in [1.54, 1.807) is 38.1 Å². The summed E-state index contributed by atoms with van der Waals surface area (Å²) in [4.78, 5) is 0.342. The third kappa shape index (κ3) is 2.75. The van der Waals surface area contributed by atoms with Crippen molar-refractivity contribution < 1.29 is 16.8 Å². The Morgan fingerprint density at radius 3 is 2.50 bits per heavy atom. The van der Waals surface area contributed by atoms with Crippen molar-refractivity contribution in [1.29, 1.82) is 0 Å². The van der Waals surface area contributed by atoms with Crippen molar-refractivity contribution in [3.05, 3.63) is 29.8 Å². The highest BCUT2D eigenvalue weighted by molar-refractivity contribution is 7.92. The van der Waals surface area contributed by atoms with Gasteiger partial charge in [-0.15, -0.1) is 0 Å². The molecule has 0 radical (unpaired) electrons. The first-order chi connectivity index (χ1) is 9.05. The van der Waals surface area contributed by atoms with E-state index in [0.29, 0.717) is 4.90 Å².